The monoisotopic (exact) mass is 291 g/mol. The van der Waals surface area contributed by atoms with E-state index in [0.717, 1.165) is 19.3 Å². The number of nitrogens with zero attached hydrogens (tertiary/aromatic N) is 3. The normalized spacial score (nSPS) is 26.2. The number of piperidine rings is 1. The Hall–Kier alpha value is -1.85. The molecule has 0 aliphatic carbocycles. The van der Waals surface area contributed by atoms with Crippen molar-refractivity contribution in [1.82, 2.24) is 15.0 Å². The summed E-state index contributed by atoms with van der Waals surface area (Å²) in [5.74, 6) is 0.858. The van der Waals surface area contributed by atoms with Gasteiger partial charge in [0.1, 0.15) is 23.5 Å². The number of piperazine rings is 1. The number of aromatic nitrogens is 1. The molecule has 2 aliphatic rings. The van der Waals surface area contributed by atoms with Crippen LogP contribution in [0.1, 0.15) is 44.1 Å². The second-order valence-electron chi connectivity index (χ2n) is 5.86. The van der Waals surface area contributed by atoms with E-state index in [2.05, 4.69) is 5.16 Å². The highest BCUT2D eigenvalue weighted by Gasteiger charge is 2.45. The number of rotatable bonds is 3. The standard InChI is InChI=1S/C15H21N3O3/c1-3-12-14(19)17-7-5-4-6-13(17)15(20)18(12)9-11-8-10(2)21-16-11/h8,12-13H,3-7,9H2,1-2H3. The molecule has 2 amide bonds. The number of hydrogen-bond donors (Lipinski definition) is 0. The molecule has 2 fully saturated rings. The molecule has 0 saturated carbocycles. The minimum atomic E-state index is -0.371. The molecule has 0 bridgehead atoms. The van der Waals surface area contributed by atoms with Gasteiger partial charge in [0.25, 0.3) is 0 Å². The molecule has 2 atom stereocenters. The molecule has 0 radical (unpaired) electrons. The molecule has 0 spiro atoms. The van der Waals surface area contributed by atoms with E-state index < -0.39 is 0 Å². The van der Waals surface area contributed by atoms with Gasteiger partial charge in [0.15, 0.2) is 0 Å². The molecular formula is C15H21N3O3. The third kappa shape index (κ3) is 2.43. The van der Waals surface area contributed by atoms with Gasteiger partial charge in [-0.15, -0.1) is 0 Å². The van der Waals surface area contributed by atoms with Crippen LogP contribution in [-0.4, -0.2) is 45.4 Å². The van der Waals surface area contributed by atoms with Crippen LogP contribution >= 0.6 is 0 Å². The van der Waals surface area contributed by atoms with Crippen molar-refractivity contribution in [1.29, 1.82) is 0 Å². The molecule has 114 valence electrons. The maximum atomic E-state index is 12.8. The molecule has 0 aromatic carbocycles. The average molecular weight is 291 g/mol. The van der Waals surface area contributed by atoms with Crippen molar-refractivity contribution in [2.75, 3.05) is 6.54 Å². The van der Waals surface area contributed by atoms with Crippen LogP contribution in [-0.2, 0) is 16.1 Å². The van der Waals surface area contributed by atoms with E-state index in [9.17, 15) is 9.59 Å². The van der Waals surface area contributed by atoms with E-state index in [-0.39, 0.29) is 23.9 Å². The summed E-state index contributed by atoms with van der Waals surface area (Å²) in [5, 5.41) is 3.95. The van der Waals surface area contributed by atoms with Crippen LogP contribution in [0.5, 0.6) is 0 Å². The van der Waals surface area contributed by atoms with Crippen molar-refractivity contribution in [3.63, 3.8) is 0 Å². The van der Waals surface area contributed by atoms with E-state index in [0.29, 0.717) is 31.0 Å². The van der Waals surface area contributed by atoms with Crippen molar-refractivity contribution in [3.8, 4) is 0 Å². The highest BCUT2D eigenvalue weighted by atomic mass is 16.5. The fourth-order valence-electron chi connectivity index (χ4n) is 3.37. The molecule has 2 saturated heterocycles. The Morgan fingerprint density at radius 1 is 1.33 bits per heavy atom. The first kappa shape index (κ1) is 14.1. The zero-order valence-corrected chi connectivity index (χ0v) is 12.5. The maximum Gasteiger partial charge on any atom is 0.246 e. The zero-order chi connectivity index (χ0) is 15.0. The van der Waals surface area contributed by atoms with Gasteiger partial charge in [0.2, 0.25) is 11.8 Å². The Bertz CT molecular complexity index is 554. The number of aryl methyl sites for hydroxylation is 1. The van der Waals surface area contributed by atoms with Gasteiger partial charge in [0, 0.05) is 12.6 Å². The van der Waals surface area contributed by atoms with Crippen LogP contribution in [0.3, 0.4) is 0 Å². The molecule has 1 aromatic rings. The predicted molar refractivity (Wildman–Crippen MR) is 75.2 cm³/mol. The molecule has 0 N–H and O–H groups in total. The van der Waals surface area contributed by atoms with Gasteiger partial charge >= 0.3 is 0 Å². The van der Waals surface area contributed by atoms with Crippen molar-refractivity contribution in [3.05, 3.63) is 17.5 Å². The van der Waals surface area contributed by atoms with Crippen LogP contribution in [0.2, 0.25) is 0 Å². The third-order valence-electron chi connectivity index (χ3n) is 4.41. The Morgan fingerprint density at radius 2 is 2.14 bits per heavy atom. The lowest BCUT2D eigenvalue weighted by Crippen LogP contribution is -2.65. The minimum Gasteiger partial charge on any atom is -0.361 e. The molecule has 6 heteroatoms. The van der Waals surface area contributed by atoms with Gasteiger partial charge < -0.3 is 14.3 Å². The van der Waals surface area contributed by atoms with Crippen molar-refractivity contribution >= 4 is 11.8 Å². The molecule has 3 heterocycles. The van der Waals surface area contributed by atoms with E-state index >= 15 is 0 Å². The summed E-state index contributed by atoms with van der Waals surface area (Å²) in [6.45, 7) is 4.83. The predicted octanol–water partition coefficient (Wildman–Crippen LogP) is 1.48. The van der Waals surface area contributed by atoms with Crippen LogP contribution in [0.4, 0.5) is 0 Å². The van der Waals surface area contributed by atoms with Crippen LogP contribution in [0, 0.1) is 6.92 Å². The van der Waals surface area contributed by atoms with E-state index in [1.807, 2.05) is 19.9 Å². The molecule has 2 unspecified atom stereocenters. The second kappa shape index (κ2) is 5.50. The number of fused-ring (bicyclic) bond motifs is 1. The van der Waals surface area contributed by atoms with Crippen LogP contribution < -0.4 is 0 Å². The number of hydrogen-bond acceptors (Lipinski definition) is 4. The van der Waals surface area contributed by atoms with Crippen molar-refractivity contribution < 1.29 is 14.1 Å². The van der Waals surface area contributed by atoms with E-state index in [4.69, 9.17) is 4.52 Å². The third-order valence-corrected chi connectivity index (χ3v) is 4.41. The lowest BCUT2D eigenvalue weighted by molar-refractivity contribution is -0.164. The summed E-state index contributed by atoms with van der Waals surface area (Å²) >= 11 is 0. The van der Waals surface area contributed by atoms with Gasteiger partial charge in [-0.25, -0.2) is 0 Å². The van der Waals surface area contributed by atoms with Gasteiger partial charge in [-0.3, -0.25) is 9.59 Å². The Balaban J connectivity index is 1.86. The molecule has 21 heavy (non-hydrogen) atoms. The Morgan fingerprint density at radius 3 is 2.81 bits per heavy atom. The Kier molecular flexibility index (Phi) is 3.69. The number of amides is 2. The summed E-state index contributed by atoms with van der Waals surface area (Å²) in [6.07, 6.45) is 3.41. The molecular weight excluding hydrogens is 270 g/mol. The fraction of sp³-hybridized carbons (Fsp3) is 0.667. The van der Waals surface area contributed by atoms with Crippen LogP contribution in [0.25, 0.3) is 0 Å². The lowest BCUT2D eigenvalue weighted by atomic mass is 9.94. The first-order valence-electron chi connectivity index (χ1n) is 7.65. The quantitative estimate of drug-likeness (QED) is 0.846. The average Bonchev–Trinajstić information content (AvgIpc) is 2.90. The molecule has 2 aliphatic heterocycles. The lowest BCUT2D eigenvalue weighted by Gasteiger charge is -2.46. The summed E-state index contributed by atoms with van der Waals surface area (Å²) < 4.78 is 5.06. The minimum absolute atomic E-state index is 0.0572. The van der Waals surface area contributed by atoms with Gasteiger partial charge in [-0.05, 0) is 32.6 Å². The van der Waals surface area contributed by atoms with Crippen molar-refractivity contribution in [2.45, 2.75) is 58.2 Å². The second-order valence-corrected chi connectivity index (χ2v) is 5.86. The van der Waals surface area contributed by atoms with E-state index in [1.165, 1.54) is 0 Å². The first-order valence-corrected chi connectivity index (χ1v) is 7.65. The highest BCUT2D eigenvalue weighted by Crippen LogP contribution is 2.28. The summed E-state index contributed by atoms with van der Waals surface area (Å²) in [6, 6.07) is 1.17. The molecule has 3 rings (SSSR count). The van der Waals surface area contributed by atoms with Gasteiger partial charge in [-0.1, -0.05) is 12.1 Å². The van der Waals surface area contributed by atoms with Gasteiger partial charge in [-0.2, -0.15) is 0 Å². The molecule has 6 nitrogen and oxygen atoms in total. The maximum absolute atomic E-state index is 12.8. The zero-order valence-electron chi connectivity index (χ0n) is 12.5. The SMILES string of the molecule is CCC1C(=O)N2CCCCC2C(=O)N1Cc1cc(C)on1. The van der Waals surface area contributed by atoms with Gasteiger partial charge in [0.05, 0.1) is 6.54 Å². The largest absolute Gasteiger partial charge is 0.361 e. The smallest absolute Gasteiger partial charge is 0.246 e. The molecule has 1 aromatic heterocycles. The number of carbonyl (C=O) groups is 2. The summed E-state index contributed by atoms with van der Waals surface area (Å²) in [7, 11) is 0. The topological polar surface area (TPSA) is 66.7 Å². The van der Waals surface area contributed by atoms with E-state index in [1.54, 1.807) is 9.80 Å². The highest BCUT2D eigenvalue weighted by molar-refractivity contribution is 5.97. The Labute approximate surface area is 124 Å². The number of carbonyl (C=O) groups excluding carboxylic acids is 2. The summed E-state index contributed by atoms with van der Waals surface area (Å²) in [5.41, 5.74) is 0.705. The first-order chi connectivity index (χ1) is 10.1. The summed E-state index contributed by atoms with van der Waals surface area (Å²) in [4.78, 5) is 28.9. The fourth-order valence-corrected chi connectivity index (χ4v) is 3.37. The van der Waals surface area contributed by atoms with Crippen molar-refractivity contribution in [2.24, 2.45) is 0 Å². The van der Waals surface area contributed by atoms with Crippen LogP contribution in [0.15, 0.2) is 10.6 Å².